The van der Waals surface area contributed by atoms with Gasteiger partial charge in [-0.25, -0.2) is 0 Å². The summed E-state index contributed by atoms with van der Waals surface area (Å²) in [5.41, 5.74) is 11.5. The lowest BCUT2D eigenvalue weighted by atomic mass is 9.95. The normalized spacial score (nSPS) is 11.1. The highest BCUT2D eigenvalue weighted by molar-refractivity contribution is 5.92. The van der Waals surface area contributed by atoms with Gasteiger partial charge in [-0.15, -0.1) is 10.2 Å². The van der Waals surface area contributed by atoms with Crippen molar-refractivity contribution >= 4 is 47.6 Å². The maximum atomic E-state index is 5.86. The molecule has 7 aromatic rings. The van der Waals surface area contributed by atoms with Crippen LogP contribution < -0.4 is 0 Å². The molecule has 0 fully saturated rings. The Labute approximate surface area is 287 Å². The van der Waals surface area contributed by atoms with Crippen LogP contribution in [-0.2, 0) is 0 Å². The van der Waals surface area contributed by atoms with E-state index >= 15 is 0 Å². The Bertz CT molecular complexity index is 1970. The summed E-state index contributed by atoms with van der Waals surface area (Å²) < 4.78 is 5.86. The zero-order chi connectivity index (χ0) is 33.1. The number of hydrogen-bond acceptors (Lipinski definition) is 3. The zero-order valence-electron chi connectivity index (χ0n) is 26.9. The second kappa shape index (κ2) is 15.3. The molecule has 6 aromatic carbocycles. The number of nitrogens with zero attached hydrogens (tertiary/aromatic N) is 2. The molecule has 0 spiro atoms. The van der Waals surface area contributed by atoms with Gasteiger partial charge in [0.05, 0.1) is 0 Å². The van der Waals surface area contributed by atoms with Gasteiger partial charge >= 0.3 is 0 Å². The van der Waals surface area contributed by atoms with E-state index in [1.807, 2.05) is 48.6 Å². The van der Waals surface area contributed by atoms with Crippen molar-refractivity contribution < 1.29 is 4.42 Å². The molecule has 1 aromatic heterocycles. The van der Waals surface area contributed by atoms with Gasteiger partial charge in [-0.1, -0.05) is 170 Å². The number of aromatic nitrogens is 2. The average Bonchev–Trinajstić information content (AvgIpc) is 3.64. The third-order valence-electron chi connectivity index (χ3n) is 8.13. The maximum absolute atomic E-state index is 5.86. The summed E-state index contributed by atoms with van der Waals surface area (Å²) in [5, 5.41) is 8.40. The molecule has 0 aliphatic rings. The zero-order valence-corrected chi connectivity index (χ0v) is 26.9. The fraction of sp³-hybridized carbons (Fsp3) is 0. The minimum atomic E-state index is 0.453. The van der Waals surface area contributed by atoms with E-state index in [-0.39, 0.29) is 0 Å². The molecule has 0 amide bonds. The molecule has 0 aliphatic heterocycles. The SMILES string of the molecule is C(=Cc1nnc(C=Cc2ccc(C=C(c3ccccc3)c3ccccc3)cc2)o1)c1ccc(C=C(c2ccccc2)c2ccccc2)cc1. The molecule has 3 nitrogen and oxygen atoms in total. The molecule has 0 radical (unpaired) electrons. The highest BCUT2D eigenvalue weighted by atomic mass is 16.4. The van der Waals surface area contributed by atoms with E-state index in [4.69, 9.17) is 4.42 Å². The van der Waals surface area contributed by atoms with Crippen LogP contribution in [0, 0.1) is 0 Å². The summed E-state index contributed by atoms with van der Waals surface area (Å²) in [4.78, 5) is 0. The van der Waals surface area contributed by atoms with E-state index in [2.05, 4.69) is 168 Å². The molecule has 0 aliphatic carbocycles. The van der Waals surface area contributed by atoms with Crippen molar-refractivity contribution in [3.8, 4) is 0 Å². The van der Waals surface area contributed by atoms with Crippen LogP contribution in [0.2, 0.25) is 0 Å². The van der Waals surface area contributed by atoms with Crippen LogP contribution in [0.1, 0.15) is 56.3 Å². The van der Waals surface area contributed by atoms with Gasteiger partial charge in [0.15, 0.2) is 0 Å². The van der Waals surface area contributed by atoms with Crippen LogP contribution in [0.3, 0.4) is 0 Å². The molecular weight excluding hydrogens is 597 g/mol. The van der Waals surface area contributed by atoms with Crippen molar-refractivity contribution in [3.63, 3.8) is 0 Å². The molecule has 3 heteroatoms. The van der Waals surface area contributed by atoms with Gasteiger partial charge in [-0.05, 0) is 80.0 Å². The number of benzene rings is 6. The van der Waals surface area contributed by atoms with Gasteiger partial charge in [0.25, 0.3) is 0 Å². The molecule has 234 valence electrons. The number of rotatable bonds is 10. The predicted molar refractivity (Wildman–Crippen MR) is 205 cm³/mol. The molecule has 7 rings (SSSR count). The van der Waals surface area contributed by atoms with Crippen LogP contribution in [0.25, 0.3) is 47.6 Å². The summed E-state index contributed by atoms with van der Waals surface area (Å²) in [7, 11) is 0. The van der Waals surface area contributed by atoms with Crippen molar-refractivity contribution in [1.82, 2.24) is 10.2 Å². The summed E-state index contributed by atoms with van der Waals surface area (Å²) in [6.45, 7) is 0. The van der Waals surface area contributed by atoms with Crippen molar-refractivity contribution in [1.29, 1.82) is 0 Å². The Morgan fingerprint density at radius 3 is 0.918 bits per heavy atom. The maximum Gasteiger partial charge on any atom is 0.240 e. The molecule has 0 atom stereocenters. The van der Waals surface area contributed by atoms with Crippen LogP contribution >= 0.6 is 0 Å². The average molecular weight is 631 g/mol. The minimum absolute atomic E-state index is 0.453. The van der Waals surface area contributed by atoms with Gasteiger partial charge < -0.3 is 4.42 Å². The van der Waals surface area contributed by atoms with Gasteiger partial charge in [0.2, 0.25) is 11.8 Å². The van der Waals surface area contributed by atoms with Crippen LogP contribution in [0.4, 0.5) is 0 Å². The molecular formula is C46H34N2O. The smallest absolute Gasteiger partial charge is 0.240 e. The topological polar surface area (TPSA) is 38.9 Å². The fourth-order valence-electron chi connectivity index (χ4n) is 5.59. The fourth-order valence-corrected chi connectivity index (χ4v) is 5.59. The van der Waals surface area contributed by atoms with Crippen LogP contribution in [-0.4, -0.2) is 10.2 Å². The molecule has 49 heavy (non-hydrogen) atoms. The lowest BCUT2D eigenvalue weighted by Gasteiger charge is -2.09. The minimum Gasteiger partial charge on any atom is -0.417 e. The molecule has 1 heterocycles. The summed E-state index contributed by atoms with van der Waals surface area (Å²) >= 11 is 0. The Morgan fingerprint density at radius 2 is 0.612 bits per heavy atom. The largest absolute Gasteiger partial charge is 0.417 e. The van der Waals surface area contributed by atoms with E-state index < -0.39 is 0 Å². The van der Waals surface area contributed by atoms with E-state index in [1.165, 1.54) is 33.4 Å². The third-order valence-corrected chi connectivity index (χ3v) is 8.13. The molecule has 0 saturated heterocycles. The first-order valence-electron chi connectivity index (χ1n) is 16.3. The van der Waals surface area contributed by atoms with Gasteiger partial charge in [-0.3, -0.25) is 0 Å². The van der Waals surface area contributed by atoms with E-state index in [0.29, 0.717) is 11.8 Å². The Balaban J connectivity index is 1.01. The quantitative estimate of drug-likeness (QED) is 0.141. The van der Waals surface area contributed by atoms with Crippen LogP contribution in [0.15, 0.2) is 174 Å². The summed E-state index contributed by atoms with van der Waals surface area (Å²) in [6, 6.07) is 58.8. The lowest BCUT2D eigenvalue weighted by molar-refractivity contribution is 0.533. The first kappa shape index (κ1) is 31.0. The first-order valence-corrected chi connectivity index (χ1v) is 16.3. The molecule has 0 unspecified atom stereocenters. The molecule has 0 saturated carbocycles. The van der Waals surface area contributed by atoms with E-state index in [0.717, 1.165) is 22.3 Å². The van der Waals surface area contributed by atoms with Crippen molar-refractivity contribution in [2.45, 2.75) is 0 Å². The van der Waals surface area contributed by atoms with Crippen LogP contribution in [0.5, 0.6) is 0 Å². The van der Waals surface area contributed by atoms with Gasteiger partial charge in [-0.2, -0.15) is 0 Å². The monoisotopic (exact) mass is 630 g/mol. The lowest BCUT2D eigenvalue weighted by Crippen LogP contribution is -1.88. The van der Waals surface area contributed by atoms with Gasteiger partial charge in [0.1, 0.15) is 0 Å². The summed E-state index contributed by atoms with van der Waals surface area (Å²) in [6.07, 6.45) is 12.1. The highest BCUT2D eigenvalue weighted by Crippen LogP contribution is 2.27. The Morgan fingerprint density at radius 1 is 0.327 bits per heavy atom. The molecule has 0 bridgehead atoms. The number of hydrogen-bond donors (Lipinski definition) is 0. The summed E-state index contributed by atoms with van der Waals surface area (Å²) in [5.74, 6) is 0.905. The molecule has 0 N–H and O–H groups in total. The van der Waals surface area contributed by atoms with Crippen molar-refractivity contribution in [2.24, 2.45) is 0 Å². The third kappa shape index (κ3) is 8.23. The Hall–Kier alpha value is -6.58. The van der Waals surface area contributed by atoms with E-state index in [9.17, 15) is 0 Å². The Kier molecular flexibility index (Phi) is 9.72. The second-order valence-electron chi connectivity index (χ2n) is 11.6. The highest BCUT2D eigenvalue weighted by Gasteiger charge is 2.07. The van der Waals surface area contributed by atoms with Gasteiger partial charge in [0, 0.05) is 12.2 Å². The standard InChI is InChI=1S/C46H34N2O/c1-5-13-39(14-6-1)43(40-15-7-2-8-16-40)33-37-25-21-35(22-26-37)29-31-45-47-48-46(49-45)32-30-36-23-27-38(28-24-36)34-44(41-17-9-3-10-18-41)42-19-11-4-12-20-42/h1-34H. The second-order valence-corrected chi connectivity index (χ2v) is 11.6. The first-order chi connectivity index (χ1) is 24.3. The van der Waals surface area contributed by atoms with Crippen molar-refractivity contribution in [3.05, 3.63) is 226 Å². The van der Waals surface area contributed by atoms with E-state index in [1.54, 1.807) is 0 Å². The predicted octanol–water partition coefficient (Wildman–Crippen LogP) is 11.6. The van der Waals surface area contributed by atoms with Crippen molar-refractivity contribution in [2.75, 3.05) is 0 Å².